The van der Waals surface area contributed by atoms with Crippen molar-refractivity contribution in [3.63, 3.8) is 0 Å². The van der Waals surface area contributed by atoms with E-state index in [1.54, 1.807) is 6.92 Å². The van der Waals surface area contributed by atoms with Crippen LogP contribution in [0.1, 0.15) is 17.5 Å². The lowest BCUT2D eigenvalue weighted by Crippen LogP contribution is -1.88. The van der Waals surface area contributed by atoms with Gasteiger partial charge in [-0.1, -0.05) is 41.2 Å². The van der Waals surface area contributed by atoms with Crippen LogP contribution in [0.4, 0.5) is 0 Å². The largest absolute Gasteiger partial charge is 0.302 e. The molecule has 3 nitrogen and oxygen atoms in total. The standard InChI is InChI=1S/C11H11N3S/c1-7-3-5-9(6-4-7)11-14-13-10(15-11)8(2)12/h3-6,12H,1-2H3. The van der Waals surface area contributed by atoms with Crippen LogP contribution in [-0.2, 0) is 0 Å². The lowest BCUT2D eigenvalue weighted by atomic mass is 10.2. The predicted molar refractivity (Wildman–Crippen MR) is 62.6 cm³/mol. The summed E-state index contributed by atoms with van der Waals surface area (Å²) < 4.78 is 0. The smallest absolute Gasteiger partial charge is 0.161 e. The fraction of sp³-hybridized carbons (Fsp3) is 0.182. The van der Waals surface area contributed by atoms with Crippen molar-refractivity contribution in [1.82, 2.24) is 10.2 Å². The van der Waals surface area contributed by atoms with Crippen LogP contribution < -0.4 is 0 Å². The number of hydrogen-bond donors (Lipinski definition) is 1. The Hall–Kier alpha value is -1.55. The molecule has 0 aliphatic carbocycles. The summed E-state index contributed by atoms with van der Waals surface area (Å²) in [5, 5.41) is 17.0. The van der Waals surface area contributed by atoms with Crippen LogP contribution in [0.25, 0.3) is 10.6 Å². The fourth-order valence-electron chi connectivity index (χ4n) is 1.19. The third-order valence-electron chi connectivity index (χ3n) is 2.04. The highest BCUT2D eigenvalue weighted by atomic mass is 32.1. The van der Waals surface area contributed by atoms with Gasteiger partial charge in [-0.2, -0.15) is 0 Å². The van der Waals surface area contributed by atoms with Gasteiger partial charge >= 0.3 is 0 Å². The average Bonchev–Trinajstić information content (AvgIpc) is 2.68. The summed E-state index contributed by atoms with van der Waals surface area (Å²) in [6, 6.07) is 8.15. The van der Waals surface area contributed by atoms with Crippen molar-refractivity contribution in [3.05, 3.63) is 34.8 Å². The molecule has 2 aromatic rings. The minimum Gasteiger partial charge on any atom is -0.302 e. The Balaban J connectivity index is 2.37. The zero-order valence-corrected chi connectivity index (χ0v) is 9.43. The molecule has 0 aliphatic rings. The monoisotopic (exact) mass is 217 g/mol. The lowest BCUT2D eigenvalue weighted by Gasteiger charge is -1.95. The Labute approximate surface area is 92.3 Å². The zero-order chi connectivity index (χ0) is 10.8. The van der Waals surface area contributed by atoms with Crippen LogP contribution in [0.5, 0.6) is 0 Å². The Morgan fingerprint density at radius 3 is 2.40 bits per heavy atom. The topological polar surface area (TPSA) is 49.6 Å². The second-order valence-electron chi connectivity index (χ2n) is 3.40. The quantitative estimate of drug-likeness (QED) is 0.786. The maximum absolute atomic E-state index is 7.45. The molecule has 0 amide bonds. The van der Waals surface area contributed by atoms with E-state index in [2.05, 4.69) is 17.1 Å². The van der Waals surface area contributed by atoms with Gasteiger partial charge in [0.25, 0.3) is 0 Å². The molecule has 0 saturated carbocycles. The minimum atomic E-state index is 0.464. The second-order valence-corrected chi connectivity index (χ2v) is 4.38. The van der Waals surface area contributed by atoms with Crippen LogP contribution >= 0.6 is 11.3 Å². The van der Waals surface area contributed by atoms with Crippen molar-refractivity contribution in [2.24, 2.45) is 0 Å². The van der Waals surface area contributed by atoms with E-state index in [1.165, 1.54) is 16.9 Å². The van der Waals surface area contributed by atoms with Gasteiger partial charge < -0.3 is 5.41 Å². The molecule has 0 radical (unpaired) electrons. The first-order valence-electron chi connectivity index (χ1n) is 4.63. The Bertz CT molecular complexity index is 485. The SMILES string of the molecule is CC(=N)c1nnc(-c2ccc(C)cc2)s1. The maximum atomic E-state index is 7.45. The number of benzene rings is 1. The van der Waals surface area contributed by atoms with E-state index in [0.29, 0.717) is 10.7 Å². The molecule has 0 fully saturated rings. The zero-order valence-electron chi connectivity index (χ0n) is 8.61. The molecular formula is C11H11N3S. The van der Waals surface area contributed by atoms with Crippen LogP contribution in [0.2, 0.25) is 0 Å². The van der Waals surface area contributed by atoms with Crippen molar-refractivity contribution in [3.8, 4) is 10.6 Å². The second kappa shape index (κ2) is 3.90. The number of aryl methyl sites for hydroxylation is 1. The van der Waals surface area contributed by atoms with Crippen molar-refractivity contribution < 1.29 is 0 Å². The number of nitrogens with zero attached hydrogens (tertiary/aromatic N) is 2. The van der Waals surface area contributed by atoms with Gasteiger partial charge in [0, 0.05) is 5.56 Å². The number of nitrogens with one attached hydrogen (secondary N) is 1. The highest BCUT2D eigenvalue weighted by Crippen LogP contribution is 2.23. The number of rotatable bonds is 2. The van der Waals surface area contributed by atoms with E-state index in [4.69, 9.17) is 5.41 Å². The summed E-state index contributed by atoms with van der Waals surface area (Å²) in [5.41, 5.74) is 2.75. The molecule has 15 heavy (non-hydrogen) atoms. The van der Waals surface area contributed by atoms with Gasteiger partial charge in [-0.05, 0) is 13.8 Å². The van der Waals surface area contributed by atoms with E-state index in [1.807, 2.05) is 24.3 Å². The van der Waals surface area contributed by atoms with Crippen LogP contribution in [0, 0.1) is 12.3 Å². The van der Waals surface area contributed by atoms with E-state index >= 15 is 0 Å². The molecule has 76 valence electrons. The summed E-state index contributed by atoms with van der Waals surface area (Å²) in [4.78, 5) is 0. The molecule has 1 aromatic carbocycles. The Kier molecular flexibility index (Phi) is 2.60. The van der Waals surface area contributed by atoms with Gasteiger partial charge in [0.1, 0.15) is 5.01 Å². The minimum absolute atomic E-state index is 0.464. The van der Waals surface area contributed by atoms with E-state index in [-0.39, 0.29) is 0 Å². The average molecular weight is 217 g/mol. The molecule has 1 aromatic heterocycles. The van der Waals surface area contributed by atoms with E-state index < -0.39 is 0 Å². The highest BCUT2D eigenvalue weighted by Gasteiger charge is 2.07. The first-order valence-corrected chi connectivity index (χ1v) is 5.44. The van der Waals surface area contributed by atoms with E-state index in [0.717, 1.165) is 10.6 Å². The third-order valence-corrected chi connectivity index (χ3v) is 3.14. The summed E-state index contributed by atoms with van der Waals surface area (Å²) in [6.07, 6.45) is 0. The van der Waals surface area contributed by atoms with Crippen LogP contribution in [0.3, 0.4) is 0 Å². The summed E-state index contributed by atoms with van der Waals surface area (Å²) in [5.74, 6) is 0. The summed E-state index contributed by atoms with van der Waals surface area (Å²) in [7, 11) is 0. The molecule has 0 spiro atoms. The molecular weight excluding hydrogens is 206 g/mol. The number of hydrogen-bond acceptors (Lipinski definition) is 4. The molecule has 0 aliphatic heterocycles. The van der Waals surface area contributed by atoms with Crippen LogP contribution in [0.15, 0.2) is 24.3 Å². The van der Waals surface area contributed by atoms with Gasteiger partial charge in [-0.15, -0.1) is 10.2 Å². The molecule has 1 heterocycles. The fourth-order valence-corrected chi connectivity index (χ4v) is 1.94. The summed E-state index contributed by atoms with van der Waals surface area (Å²) in [6.45, 7) is 3.77. The molecule has 4 heteroatoms. The molecule has 0 saturated heterocycles. The molecule has 0 bridgehead atoms. The highest BCUT2D eigenvalue weighted by molar-refractivity contribution is 7.16. The van der Waals surface area contributed by atoms with Crippen molar-refractivity contribution in [1.29, 1.82) is 5.41 Å². The third kappa shape index (κ3) is 2.10. The van der Waals surface area contributed by atoms with Gasteiger partial charge in [-0.3, -0.25) is 0 Å². The normalized spacial score (nSPS) is 10.3. The summed E-state index contributed by atoms with van der Waals surface area (Å²) >= 11 is 1.45. The van der Waals surface area contributed by atoms with Gasteiger partial charge in [0.2, 0.25) is 0 Å². The van der Waals surface area contributed by atoms with Gasteiger partial charge in [-0.25, -0.2) is 0 Å². The molecule has 0 unspecified atom stereocenters. The maximum Gasteiger partial charge on any atom is 0.161 e. The number of aromatic nitrogens is 2. The first kappa shape index (κ1) is 9.98. The Morgan fingerprint density at radius 1 is 1.20 bits per heavy atom. The van der Waals surface area contributed by atoms with Crippen molar-refractivity contribution in [2.45, 2.75) is 13.8 Å². The lowest BCUT2D eigenvalue weighted by molar-refractivity contribution is 1.08. The van der Waals surface area contributed by atoms with Gasteiger partial charge in [0.05, 0.1) is 5.71 Å². The van der Waals surface area contributed by atoms with Gasteiger partial charge in [0.15, 0.2) is 5.01 Å². The van der Waals surface area contributed by atoms with Crippen molar-refractivity contribution >= 4 is 17.0 Å². The first-order chi connectivity index (χ1) is 7.16. The molecule has 0 atom stereocenters. The van der Waals surface area contributed by atoms with Crippen molar-refractivity contribution in [2.75, 3.05) is 0 Å². The predicted octanol–water partition coefficient (Wildman–Crippen LogP) is 2.90. The Morgan fingerprint density at radius 2 is 1.87 bits per heavy atom. The molecule has 2 rings (SSSR count). The van der Waals surface area contributed by atoms with E-state index in [9.17, 15) is 0 Å². The molecule has 1 N–H and O–H groups in total. The van der Waals surface area contributed by atoms with Crippen LogP contribution in [-0.4, -0.2) is 15.9 Å².